The van der Waals surface area contributed by atoms with E-state index in [2.05, 4.69) is 0 Å². The van der Waals surface area contributed by atoms with Crippen molar-refractivity contribution in [2.24, 2.45) is 0 Å². The topological polar surface area (TPSA) is 104 Å². The fraction of sp³-hybridized carbons (Fsp3) is 0.929. The number of rotatable bonds is 2. The minimum atomic E-state index is -1.57. The summed E-state index contributed by atoms with van der Waals surface area (Å²) in [6.45, 7) is 7.32. The van der Waals surface area contributed by atoms with Gasteiger partial charge in [-0.3, -0.25) is 0 Å². The molecule has 0 aromatic heterocycles. The maximum absolute atomic E-state index is 11.5. The SMILES string of the molecule is CC1(C)OC[C@H](C2OC(C)(C)O[C@@H]2[C@H]2OC(=O)C(O)[C@@H]2O)O1. The molecular weight excluding hydrogens is 296 g/mol. The molecule has 8 nitrogen and oxygen atoms in total. The summed E-state index contributed by atoms with van der Waals surface area (Å²) in [6, 6.07) is 0. The number of hydrogen-bond donors (Lipinski definition) is 2. The van der Waals surface area contributed by atoms with Gasteiger partial charge in [-0.2, -0.15) is 0 Å². The van der Waals surface area contributed by atoms with Crippen molar-refractivity contribution in [3.8, 4) is 0 Å². The van der Waals surface area contributed by atoms with Crippen LogP contribution in [0.3, 0.4) is 0 Å². The van der Waals surface area contributed by atoms with Gasteiger partial charge in [0, 0.05) is 0 Å². The van der Waals surface area contributed by atoms with Crippen molar-refractivity contribution in [2.45, 2.75) is 75.9 Å². The fourth-order valence-corrected chi connectivity index (χ4v) is 3.09. The summed E-state index contributed by atoms with van der Waals surface area (Å²) < 4.78 is 28.0. The van der Waals surface area contributed by atoms with Gasteiger partial charge in [-0.05, 0) is 27.7 Å². The molecule has 0 aromatic carbocycles. The molecule has 2 N–H and O–H groups in total. The van der Waals surface area contributed by atoms with Crippen LogP contribution in [0.2, 0.25) is 0 Å². The number of carbonyl (C=O) groups is 1. The van der Waals surface area contributed by atoms with Gasteiger partial charge in [0.25, 0.3) is 0 Å². The van der Waals surface area contributed by atoms with Crippen LogP contribution in [0.1, 0.15) is 27.7 Å². The Hall–Kier alpha value is -0.770. The third kappa shape index (κ3) is 2.75. The molecule has 0 aliphatic carbocycles. The van der Waals surface area contributed by atoms with Crippen molar-refractivity contribution < 1.29 is 38.7 Å². The molecule has 0 saturated carbocycles. The molecule has 0 radical (unpaired) electrons. The van der Waals surface area contributed by atoms with E-state index >= 15 is 0 Å². The Balaban J connectivity index is 1.81. The van der Waals surface area contributed by atoms with Gasteiger partial charge in [-0.15, -0.1) is 0 Å². The number of aliphatic hydroxyl groups excluding tert-OH is 2. The van der Waals surface area contributed by atoms with Crippen LogP contribution in [-0.2, 0) is 28.5 Å². The first-order valence-electron chi connectivity index (χ1n) is 7.34. The van der Waals surface area contributed by atoms with Crippen molar-refractivity contribution in [3.05, 3.63) is 0 Å². The lowest BCUT2D eigenvalue weighted by Crippen LogP contribution is -2.48. The summed E-state index contributed by atoms with van der Waals surface area (Å²) in [5.74, 6) is -2.53. The monoisotopic (exact) mass is 318 g/mol. The predicted octanol–water partition coefficient (Wildman–Crippen LogP) is -0.695. The lowest BCUT2D eigenvalue weighted by molar-refractivity contribution is -0.176. The molecule has 3 saturated heterocycles. The smallest absolute Gasteiger partial charge is 0.338 e. The van der Waals surface area contributed by atoms with Gasteiger partial charge >= 0.3 is 5.97 Å². The van der Waals surface area contributed by atoms with E-state index in [-0.39, 0.29) is 0 Å². The van der Waals surface area contributed by atoms with E-state index in [0.29, 0.717) is 6.61 Å². The Morgan fingerprint density at radius 2 is 1.59 bits per heavy atom. The number of aliphatic hydroxyl groups is 2. The Bertz CT molecular complexity index is 462. The Morgan fingerprint density at radius 1 is 0.955 bits per heavy atom. The molecule has 3 aliphatic rings. The van der Waals surface area contributed by atoms with Crippen molar-refractivity contribution in [1.29, 1.82) is 0 Å². The second kappa shape index (κ2) is 5.12. The summed E-state index contributed by atoms with van der Waals surface area (Å²) in [7, 11) is 0. The van der Waals surface area contributed by atoms with Gasteiger partial charge in [-0.1, -0.05) is 0 Å². The molecule has 0 spiro atoms. The quantitative estimate of drug-likeness (QED) is 0.645. The Morgan fingerprint density at radius 3 is 2.09 bits per heavy atom. The highest BCUT2D eigenvalue weighted by atomic mass is 16.8. The summed E-state index contributed by atoms with van der Waals surface area (Å²) in [5, 5.41) is 19.6. The lowest BCUT2D eigenvalue weighted by atomic mass is 9.98. The molecule has 3 rings (SSSR count). The summed E-state index contributed by atoms with van der Waals surface area (Å²) in [5.41, 5.74) is 0. The van der Waals surface area contributed by atoms with Gasteiger partial charge in [0.1, 0.15) is 24.4 Å². The highest BCUT2D eigenvalue weighted by Gasteiger charge is 2.58. The van der Waals surface area contributed by atoms with E-state index < -0.39 is 54.2 Å². The first kappa shape index (κ1) is 16.1. The van der Waals surface area contributed by atoms with E-state index in [4.69, 9.17) is 23.7 Å². The third-order valence-corrected chi connectivity index (χ3v) is 4.04. The zero-order valence-electron chi connectivity index (χ0n) is 13.0. The maximum Gasteiger partial charge on any atom is 0.338 e. The van der Waals surface area contributed by atoms with Crippen LogP contribution in [0, 0.1) is 0 Å². The van der Waals surface area contributed by atoms with Crippen LogP contribution in [0.25, 0.3) is 0 Å². The molecule has 2 unspecified atom stereocenters. The van der Waals surface area contributed by atoms with Gasteiger partial charge < -0.3 is 33.9 Å². The molecular formula is C14H22O8. The van der Waals surface area contributed by atoms with Crippen LogP contribution < -0.4 is 0 Å². The van der Waals surface area contributed by atoms with Gasteiger partial charge in [0.15, 0.2) is 23.8 Å². The molecule has 0 aromatic rings. The average Bonchev–Trinajstić information content (AvgIpc) is 3.00. The molecule has 3 fully saturated rings. The number of cyclic esters (lactones) is 1. The molecule has 8 heteroatoms. The standard InChI is InChI=1S/C14H22O8/c1-13(2)18-5-6(20-13)9-11(22-14(3,4)21-9)10-7(15)8(16)12(17)19-10/h6-11,15-16H,5H2,1-4H3/t6-,7+,8?,9?,10+,11+/m1/s1. The molecule has 0 bridgehead atoms. The second-order valence-corrected chi connectivity index (χ2v) is 6.77. The highest BCUT2D eigenvalue weighted by molar-refractivity contribution is 5.77. The van der Waals surface area contributed by atoms with Crippen LogP contribution in [0.15, 0.2) is 0 Å². The minimum Gasteiger partial charge on any atom is -0.455 e. The van der Waals surface area contributed by atoms with Crippen LogP contribution in [0.5, 0.6) is 0 Å². The lowest BCUT2D eigenvalue weighted by Gasteiger charge is -2.27. The van der Waals surface area contributed by atoms with Crippen molar-refractivity contribution >= 4 is 5.97 Å². The normalized spacial score (nSPS) is 46.9. The second-order valence-electron chi connectivity index (χ2n) is 6.77. The molecule has 3 aliphatic heterocycles. The average molecular weight is 318 g/mol. The largest absolute Gasteiger partial charge is 0.455 e. The molecule has 3 heterocycles. The van der Waals surface area contributed by atoms with Gasteiger partial charge in [-0.25, -0.2) is 4.79 Å². The van der Waals surface area contributed by atoms with Crippen LogP contribution >= 0.6 is 0 Å². The first-order valence-corrected chi connectivity index (χ1v) is 7.34. The van der Waals surface area contributed by atoms with E-state index in [1.165, 1.54) is 0 Å². The highest BCUT2D eigenvalue weighted by Crippen LogP contribution is 2.39. The minimum absolute atomic E-state index is 0.299. The number of hydrogen-bond acceptors (Lipinski definition) is 8. The summed E-state index contributed by atoms with van der Waals surface area (Å²) >= 11 is 0. The first-order chi connectivity index (χ1) is 10.1. The number of carbonyl (C=O) groups excluding carboxylic acids is 1. The van der Waals surface area contributed by atoms with E-state index in [0.717, 1.165) is 0 Å². The zero-order chi connectivity index (χ0) is 16.3. The summed E-state index contributed by atoms with van der Waals surface area (Å²) in [6.07, 6.45) is -5.72. The Labute approximate surface area is 128 Å². The van der Waals surface area contributed by atoms with Crippen molar-refractivity contribution in [1.82, 2.24) is 0 Å². The maximum atomic E-state index is 11.5. The number of esters is 1. The molecule has 6 atom stereocenters. The molecule has 126 valence electrons. The molecule has 0 amide bonds. The van der Waals surface area contributed by atoms with Crippen LogP contribution in [0.4, 0.5) is 0 Å². The van der Waals surface area contributed by atoms with E-state index in [9.17, 15) is 15.0 Å². The van der Waals surface area contributed by atoms with Crippen molar-refractivity contribution in [2.75, 3.05) is 6.61 Å². The number of ether oxygens (including phenoxy) is 5. The molecule has 22 heavy (non-hydrogen) atoms. The predicted molar refractivity (Wildman–Crippen MR) is 70.6 cm³/mol. The zero-order valence-corrected chi connectivity index (χ0v) is 13.0. The summed E-state index contributed by atoms with van der Waals surface area (Å²) in [4.78, 5) is 11.5. The van der Waals surface area contributed by atoms with Crippen molar-refractivity contribution in [3.63, 3.8) is 0 Å². The van der Waals surface area contributed by atoms with Crippen LogP contribution in [-0.4, -0.2) is 71.0 Å². The van der Waals surface area contributed by atoms with E-state index in [1.807, 2.05) is 0 Å². The van der Waals surface area contributed by atoms with Gasteiger partial charge in [0.2, 0.25) is 0 Å². The fourth-order valence-electron chi connectivity index (χ4n) is 3.09. The third-order valence-electron chi connectivity index (χ3n) is 4.04. The van der Waals surface area contributed by atoms with Gasteiger partial charge in [0.05, 0.1) is 6.61 Å². The van der Waals surface area contributed by atoms with E-state index in [1.54, 1.807) is 27.7 Å². The Kier molecular flexibility index (Phi) is 3.75.